The van der Waals surface area contributed by atoms with Crippen LogP contribution in [0.4, 0.5) is 0 Å². The lowest BCUT2D eigenvalue weighted by Gasteiger charge is -2.32. The number of benzene rings is 3. The molecule has 0 saturated carbocycles. The normalized spacial score (nSPS) is 13.3. The van der Waals surface area contributed by atoms with E-state index >= 15 is 0 Å². The fourth-order valence-electron chi connectivity index (χ4n) is 4.04. The Bertz CT molecular complexity index is 1080. The van der Waals surface area contributed by atoms with Gasteiger partial charge in [0, 0.05) is 29.8 Å². The predicted octanol–water partition coefficient (Wildman–Crippen LogP) is 5.38. The molecular weight excluding hydrogens is 398 g/mol. The Morgan fingerprint density at radius 3 is 1.28 bits per heavy atom. The maximum absolute atomic E-state index is 13.8. The largest absolute Gasteiger partial charge is 0.368 e. The third-order valence-corrected chi connectivity index (χ3v) is 5.69. The van der Waals surface area contributed by atoms with Gasteiger partial charge >= 0.3 is 0 Å². The summed E-state index contributed by atoms with van der Waals surface area (Å²) in [6, 6.07) is 26.3. The van der Waals surface area contributed by atoms with Crippen molar-refractivity contribution in [2.24, 2.45) is 0 Å². The molecule has 3 aromatic rings. The summed E-state index contributed by atoms with van der Waals surface area (Å²) in [7, 11) is 0. The average molecular weight is 424 g/mol. The summed E-state index contributed by atoms with van der Waals surface area (Å²) in [6.07, 6.45) is 2.90. The summed E-state index contributed by atoms with van der Waals surface area (Å²) in [5.74, 6) is -1.15. The van der Waals surface area contributed by atoms with Gasteiger partial charge in [-0.1, -0.05) is 91.0 Å². The maximum atomic E-state index is 13.8. The summed E-state index contributed by atoms with van der Waals surface area (Å²) in [4.78, 5) is 43.1. The fraction of sp³-hybridized carbons (Fsp3) is 0.179. The van der Waals surface area contributed by atoms with Crippen LogP contribution in [0.1, 0.15) is 50.3 Å². The minimum atomic E-state index is -0.427. The van der Waals surface area contributed by atoms with Crippen LogP contribution in [-0.2, 0) is 0 Å². The molecule has 0 spiro atoms. The Hall–Kier alpha value is -3.79. The minimum absolute atomic E-state index is 0.0573. The van der Waals surface area contributed by atoms with E-state index in [9.17, 15) is 14.4 Å². The molecule has 1 saturated heterocycles. The number of rotatable bonds is 7. The van der Waals surface area contributed by atoms with Crippen LogP contribution in [0.5, 0.6) is 0 Å². The molecule has 32 heavy (non-hydrogen) atoms. The molecule has 0 amide bonds. The summed E-state index contributed by atoms with van der Waals surface area (Å²) >= 11 is 0. The lowest BCUT2D eigenvalue weighted by atomic mass is 9.90. The molecule has 0 aliphatic carbocycles. The molecule has 0 bridgehead atoms. The van der Waals surface area contributed by atoms with Crippen LogP contribution in [0.25, 0.3) is 0 Å². The first-order valence-electron chi connectivity index (χ1n) is 11.0. The van der Waals surface area contributed by atoms with E-state index < -0.39 is 11.6 Å². The van der Waals surface area contributed by atoms with Crippen LogP contribution in [0, 0.1) is 0 Å². The zero-order valence-corrected chi connectivity index (χ0v) is 17.9. The van der Waals surface area contributed by atoms with Gasteiger partial charge < -0.3 is 4.90 Å². The third kappa shape index (κ3) is 4.59. The van der Waals surface area contributed by atoms with Crippen molar-refractivity contribution in [3.8, 4) is 0 Å². The molecule has 0 N–H and O–H groups in total. The van der Waals surface area contributed by atoms with Crippen molar-refractivity contribution >= 4 is 17.3 Å². The van der Waals surface area contributed by atoms with Gasteiger partial charge in [-0.3, -0.25) is 14.4 Å². The second kappa shape index (κ2) is 10.0. The molecule has 3 aromatic carbocycles. The number of carbonyl (C=O) groups is 3. The molecule has 0 unspecified atom stereocenters. The fourth-order valence-corrected chi connectivity index (χ4v) is 4.04. The van der Waals surface area contributed by atoms with Crippen molar-refractivity contribution in [1.82, 2.24) is 4.90 Å². The van der Waals surface area contributed by atoms with Gasteiger partial charge in [0.25, 0.3) is 0 Å². The Kier molecular flexibility index (Phi) is 6.71. The summed E-state index contributed by atoms with van der Waals surface area (Å²) in [6.45, 7) is 1.28. The SMILES string of the molecule is O=C(C(C(=O)c1ccccc1)=C(C(=O)c1ccccc1)N1CCCCC1)c1ccccc1. The zero-order valence-electron chi connectivity index (χ0n) is 17.9. The molecule has 1 aliphatic rings. The van der Waals surface area contributed by atoms with Gasteiger partial charge in [-0.25, -0.2) is 0 Å². The van der Waals surface area contributed by atoms with E-state index in [1.54, 1.807) is 72.8 Å². The molecule has 1 fully saturated rings. The van der Waals surface area contributed by atoms with Crippen molar-refractivity contribution in [2.75, 3.05) is 13.1 Å². The van der Waals surface area contributed by atoms with Crippen molar-refractivity contribution in [1.29, 1.82) is 0 Å². The second-order valence-corrected chi connectivity index (χ2v) is 7.86. The average Bonchev–Trinajstić information content (AvgIpc) is 2.88. The van der Waals surface area contributed by atoms with Gasteiger partial charge in [-0.2, -0.15) is 0 Å². The van der Waals surface area contributed by atoms with E-state index in [-0.39, 0.29) is 17.1 Å². The van der Waals surface area contributed by atoms with Gasteiger partial charge in [-0.05, 0) is 19.3 Å². The monoisotopic (exact) mass is 423 g/mol. The van der Waals surface area contributed by atoms with E-state index in [0.29, 0.717) is 29.8 Å². The molecule has 1 heterocycles. The van der Waals surface area contributed by atoms with Crippen molar-refractivity contribution in [2.45, 2.75) is 19.3 Å². The van der Waals surface area contributed by atoms with Crippen molar-refractivity contribution < 1.29 is 14.4 Å². The Morgan fingerprint density at radius 1 is 0.500 bits per heavy atom. The van der Waals surface area contributed by atoms with Gasteiger partial charge in [0.05, 0.1) is 5.57 Å². The summed E-state index contributed by atoms with van der Waals surface area (Å²) in [5.41, 5.74) is 1.40. The first-order valence-corrected chi connectivity index (χ1v) is 11.0. The van der Waals surface area contributed by atoms with Gasteiger partial charge in [0.1, 0.15) is 5.70 Å². The van der Waals surface area contributed by atoms with E-state index in [1.807, 2.05) is 23.1 Å². The number of hydrogen-bond donors (Lipinski definition) is 0. The first kappa shape index (κ1) is 21.4. The van der Waals surface area contributed by atoms with Crippen LogP contribution < -0.4 is 0 Å². The minimum Gasteiger partial charge on any atom is -0.368 e. The number of ketones is 3. The quantitative estimate of drug-likeness (QED) is 0.222. The summed E-state index contributed by atoms with van der Waals surface area (Å²) in [5, 5.41) is 0. The van der Waals surface area contributed by atoms with Crippen LogP contribution in [0.2, 0.25) is 0 Å². The molecule has 0 atom stereocenters. The maximum Gasteiger partial charge on any atom is 0.209 e. The smallest absolute Gasteiger partial charge is 0.209 e. The topological polar surface area (TPSA) is 54.5 Å². The standard InChI is InChI=1S/C28H25NO3/c30-26(21-13-5-1-6-14-21)24(27(31)22-15-7-2-8-16-22)25(29-19-11-4-12-20-29)28(32)23-17-9-3-10-18-23/h1-3,5-10,13-18H,4,11-12,19-20H2. The lowest BCUT2D eigenvalue weighted by molar-refractivity contribution is 0.0913. The highest BCUT2D eigenvalue weighted by atomic mass is 16.2. The van der Waals surface area contributed by atoms with Crippen LogP contribution in [-0.4, -0.2) is 35.3 Å². The molecule has 160 valence electrons. The molecular formula is C28H25NO3. The molecule has 0 aromatic heterocycles. The zero-order chi connectivity index (χ0) is 22.3. The number of carbonyl (C=O) groups excluding carboxylic acids is 3. The van der Waals surface area contributed by atoms with Gasteiger partial charge in [0.15, 0.2) is 11.6 Å². The summed E-state index contributed by atoms with van der Waals surface area (Å²) < 4.78 is 0. The molecule has 4 rings (SSSR count). The number of allylic oxidation sites excluding steroid dienone is 2. The Morgan fingerprint density at radius 2 is 0.875 bits per heavy atom. The Labute approximate surface area is 188 Å². The number of nitrogens with zero attached hydrogens (tertiary/aromatic N) is 1. The van der Waals surface area contributed by atoms with E-state index in [4.69, 9.17) is 0 Å². The lowest BCUT2D eigenvalue weighted by Crippen LogP contribution is -2.36. The highest BCUT2D eigenvalue weighted by Gasteiger charge is 2.33. The van der Waals surface area contributed by atoms with E-state index in [2.05, 4.69) is 0 Å². The highest BCUT2D eigenvalue weighted by molar-refractivity contribution is 6.34. The number of Topliss-reactive ketones (excluding diaryl/α,β-unsaturated/α-hetero) is 3. The second-order valence-electron chi connectivity index (χ2n) is 7.86. The van der Waals surface area contributed by atoms with Crippen molar-refractivity contribution in [3.63, 3.8) is 0 Å². The number of piperidine rings is 1. The predicted molar refractivity (Wildman–Crippen MR) is 125 cm³/mol. The highest BCUT2D eigenvalue weighted by Crippen LogP contribution is 2.26. The van der Waals surface area contributed by atoms with Crippen LogP contribution in [0.3, 0.4) is 0 Å². The Balaban J connectivity index is 1.94. The molecule has 4 nitrogen and oxygen atoms in total. The number of hydrogen-bond acceptors (Lipinski definition) is 4. The number of likely N-dealkylation sites (tertiary alicyclic amines) is 1. The van der Waals surface area contributed by atoms with E-state index in [1.165, 1.54) is 0 Å². The third-order valence-electron chi connectivity index (χ3n) is 5.69. The van der Waals surface area contributed by atoms with Crippen molar-refractivity contribution in [3.05, 3.63) is 119 Å². The van der Waals surface area contributed by atoms with Crippen LogP contribution in [0.15, 0.2) is 102 Å². The molecule has 1 aliphatic heterocycles. The van der Waals surface area contributed by atoms with Gasteiger partial charge in [-0.15, -0.1) is 0 Å². The van der Waals surface area contributed by atoms with Crippen LogP contribution >= 0.6 is 0 Å². The van der Waals surface area contributed by atoms with Gasteiger partial charge in [0.2, 0.25) is 5.78 Å². The van der Waals surface area contributed by atoms with E-state index in [0.717, 1.165) is 19.3 Å². The molecule has 4 heteroatoms. The molecule has 0 radical (unpaired) electrons. The first-order chi connectivity index (χ1) is 15.7.